The van der Waals surface area contributed by atoms with E-state index in [0.29, 0.717) is 22.5 Å². The highest BCUT2D eigenvalue weighted by Gasteiger charge is 2.18. The zero-order chi connectivity index (χ0) is 34.1. The maximum absolute atomic E-state index is 8.69. The molecule has 0 N–H and O–H groups in total. The summed E-state index contributed by atoms with van der Waals surface area (Å²) < 4.78 is 48.6. The largest absolute Gasteiger partial charge is 0.455 e. The summed E-state index contributed by atoms with van der Waals surface area (Å²) in [5.74, 6) is 0.518. The summed E-state index contributed by atoms with van der Waals surface area (Å²) in [5, 5.41) is 6.29. The van der Waals surface area contributed by atoms with E-state index in [-0.39, 0.29) is 29.3 Å². The highest BCUT2D eigenvalue weighted by atomic mass is 16.3. The minimum Gasteiger partial charge on any atom is -0.455 e. The van der Waals surface area contributed by atoms with E-state index in [2.05, 4.69) is 42.5 Å². The van der Waals surface area contributed by atoms with Crippen LogP contribution in [0.4, 0.5) is 0 Å². The topological polar surface area (TPSA) is 51.8 Å². The molecule has 0 aliphatic carbocycles. The Labute approximate surface area is 266 Å². The molecule has 0 saturated heterocycles. The van der Waals surface area contributed by atoms with Crippen LogP contribution in [0.1, 0.15) is 6.85 Å². The molecule has 45 heavy (non-hydrogen) atoms. The van der Waals surface area contributed by atoms with Crippen LogP contribution >= 0.6 is 0 Å². The van der Waals surface area contributed by atoms with Crippen LogP contribution in [0, 0.1) is 0 Å². The third-order valence-electron chi connectivity index (χ3n) is 8.19. The lowest BCUT2D eigenvalue weighted by Gasteiger charge is -2.10. The molecule has 0 saturated carbocycles. The van der Waals surface area contributed by atoms with E-state index in [0.717, 1.165) is 43.6 Å². The van der Waals surface area contributed by atoms with E-state index in [9.17, 15) is 0 Å². The van der Waals surface area contributed by atoms with Crippen molar-refractivity contribution in [1.29, 1.82) is 0 Å². The zero-order valence-electron chi connectivity index (χ0n) is 28.8. The molecule has 0 aliphatic heterocycles. The van der Waals surface area contributed by atoms with Crippen molar-refractivity contribution in [3.05, 3.63) is 152 Å². The van der Waals surface area contributed by atoms with Crippen molar-refractivity contribution in [3.8, 4) is 45.3 Å². The van der Waals surface area contributed by atoms with Gasteiger partial charge in [-0.05, 0) is 56.9 Å². The third kappa shape index (κ3) is 4.43. The highest BCUT2D eigenvalue weighted by molar-refractivity contribution is 6.12. The molecule has 0 spiro atoms. The molecule has 0 aliphatic rings. The first-order chi connectivity index (χ1) is 24.3. The van der Waals surface area contributed by atoms with E-state index in [4.69, 9.17) is 26.2 Å². The molecule has 7 aromatic carbocycles. The summed E-state index contributed by atoms with van der Waals surface area (Å²) in [6.45, 7) is 0. The first kappa shape index (κ1) is 20.7. The predicted octanol–water partition coefficient (Wildman–Crippen LogP) is 10.7. The molecule has 0 bridgehead atoms. The molecule has 0 fully saturated rings. The van der Waals surface area contributed by atoms with Gasteiger partial charge >= 0.3 is 0 Å². The van der Waals surface area contributed by atoms with Crippen LogP contribution in [0.15, 0.2) is 156 Å². The number of hydrogen-bond acceptors (Lipinski definition) is 4. The molecule has 2 aromatic heterocycles. The number of nitrogens with zero attached hydrogens (tertiary/aromatic N) is 3. The van der Waals surface area contributed by atoms with Gasteiger partial charge in [0.05, 0.1) is 12.4 Å². The summed E-state index contributed by atoms with van der Waals surface area (Å²) in [5.41, 5.74) is 4.54. The summed E-state index contributed by atoms with van der Waals surface area (Å²) in [6.07, 6.45) is 0. The minimum absolute atomic E-state index is 0.0283. The summed E-state index contributed by atoms with van der Waals surface area (Å²) in [6, 6.07) is 38.2. The second-order valence-corrected chi connectivity index (χ2v) is 10.9. The van der Waals surface area contributed by atoms with Gasteiger partial charge in [-0.3, -0.25) is 0 Å². The van der Waals surface area contributed by atoms with E-state index in [1.165, 1.54) is 5.39 Å². The maximum atomic E-state index is 8.69. The van der Waals surface area contributed by atoms with Crippen molar-refractivity contribution in [3.63, 3.8) is 0 Å². The molecule has 9 aromatic rings. The Balaban J connectivity index is 1.24. The van der Waals surface area contributed by atoms with Crippen molar-refractivity contribution < 1.29 is 11.3 Å². The Kier molecular flexibility index (Phi) is 4.72. The van der Waals surface area contributed by atoms with Crippen LogP contribution in [0.5, 0.6) is 0 Å². The highest BCUT2D eigenvalue weighted by Crippen LogP contribution is 2.37. The molecular formula is C41H25N3O. The molecule has 4 heteroatoms. The number of aromatic nitrogens is 3. The molecule has 2 heterocycles. The monoisotopic (exact) mass is 580 g/mol. The molecule has 9 rings (SSSR count). The number of hydrogen-bond donors (Lipinski definition) is 0. The molecule has 0 radical (unpaired) electrons. The van der Waals surface area contributed by atoms with Crippen molar-refractivity contribution in [1.82, 2.24) is 15.0 Å². The average Bonchev–Trinajstić information content (AvgIpc) is 3.52. The molecule has 0 unspecified atom stereocenters. The number of fused-ring (bicyclic) bond motifs is 5. The van der Waals surface area contributed by atoms with Crippen molar-refractivity contribution in [2.75, 3.05) is 0 Å². The van der Waals surface area contributed by atoms with Gasteiger partial charge in [0.2, 0.25) is 0 Å². The van der Waals surface area contributed by atoms with Crippen molar-refractivity contribution in [2.24, 2.45) is 0 Å². The molecule has 210 valence electrons. The van der Waals surface area contributed by atoms with Crippen molar-refractivity contribution >= 4 is 43.5 Å². The molecule has 4 nitrogen and oxygen atoms in total. The summed E-state index contributed by atoms with van der Waals surface area (Å²) in [7, 11) is 0. The Morgan fingerprint density at radius 3 is 1.84 bits per heavy atom. The van der Waals surface area contributed by atoms with E-state index < -0.39 is 18.1 Å². The number of benzene rings is 7. The van der Waals surface area contributed by atoms with Gasteiger partial charge in [0.25, 0.3) is 0 Å². The van der Waals surface area contributed by atoms with Gasteiger partial charge in [-0.25, -0.2) is 15.0 Å². The number of furan rings is 1. The van der Waals surface area contributed by atoms with Crippen LogP contribution in [-0.4, -0.2) is 15.0 Å². The van der Waals surface area contributed by atoms with E-state index in [1.54, 1.807) is 0 Å². The average molecular weight is 581 g/mol. The van der Waals surface area contributed by atoms with Gasteiger partial charge in [0.1, 0.15) is 11.2 Å². The minimum atomic E-state index is -0.484. The maximum Gasteiger partial charge on any atom is 0.167 e. The molecular weight excluding hydrogens is 550 g/mol. The standard InChI is InChI=1S/C41H25N3O/c1-2-10-28(11-3-1)39-42-40(29-20-17-27(18-21-29)33-22-19-26-9-4-5-12-30(26)23-33)44-41(43-39)35-16-8-15-34-36-24-31-13-6-7-14-32(31)25-37(36)45-38(34)35/h1-25H/i1D,2D,3D,10D,11D. The Morgan fingerprint density at radius 2 is 1.07 bits per heavy atom. The van der Waals surface area contributed by atoms with Crippen LogP contribution < -0.4 is 0 Å². The Hall–Kier alpha value is -6.13. The van der Waals surface area contributed by atoms with Gasteiger partial charge < -0.3 is 4.42 Å². The normalized spacial score (nSPS) is 13.1. The van der Waals surface area contributed by atoms with E-state index in [1.807, 2.05) is 78.9 Å². The van der Waals surface area contributed by atoms with E-state index >= 15 is 0 Å². The second-order valence-electron chi connectivity index (χ2n) is 10.9. The fourth-order valence-electron chi connectivity index (χ4n) is 5.94. The van der Waals surface area contributed by atoms with Crippen LogP contribution in [0.25, 0.3) is 88.8 Å². The van der Waals surface area contributed by atoms with Gasteiger partial charge in [0, 0.05) is 21.9 Å². The van der Waals surface area contributed by atoms with Crippen LogP contribution in [0.2, 0.25) is 0 Å². The van der Waals surface area contributed by atoms with Crippen molar-refractivity contribution in [2.45, 2.75) is 0 Å². The predicted molar refractivity (Wildman–Crippen MR) is 184 cm³/mol. The lowest BCUT2D eigenvalue weighted by molar-refractivity contribution is 0.670. The first-order valence-corrected chi connectivity index (χ1v) is 14.6. The lowest BCUT2D eigenvalue weighted by Crippen LogP contribution is -2.00. The summed E-state index contributed by atoms with van der Waals surface area (Å²) >= 11 is 0. The lowest BCUT2D eigenvalue weighted by atomic mass is 10.00. The number of rotatable bonds is 4. The first-order valence-electron chi connectivity index (χ1n) is 17.1. The van der Waals surface area contributed by atoms with Crippen LogP contribution in [0.3, 0.4) is 0 Å². The van der Waals surface area contributed by atoms with Gasteiger partial charge in [0.15, 0.2) is 17.5 Å². The Morgan fingerprint density at radius 1 is 0.444 bits per heavy atom. The summed E-state index contributed by atoms with van der Waals surface area (Å²) in [4.78, 5) is 14.4. The third-order valence-corrected chi connectivity index (χ3v) is 8.19. The molecule has 0 amide bonds. The smallest absolute Gasteiger partial charge is 0.167 e. The fourth-order valence-corrected chi connectivity index (χ4v) is 5.94. The second kappa shape index (κ2) is 10.2. The quantitative estimate of drug-likeness (QED) is 0.208. The van der Waals surface area contributed by atoms with Gasteiger partial charge in [-0.2, -0.15) is 0 Å². The van der Waals surface area contributed by atoms with Gasteiger partial charge in [-0.1, -0.05) is 127 Å². The SMILES string of the molecule is [2H]c1c([2H])c([2H])c(-c2nc(-c3ccc(-c4ccc5ccccc5c4)cc3)nc(-c3cccc4c3oc3cc5ccccc5cc34)n2)c([2H])c1[2H]. The van der Waals surface area contributed by atoms with Crippen LogP contribution in [-0.2, 0) is 0 Å². The zero-order valence-corrected chi connectivity index (χ0v) is 23.8. The van der Waals surface area contributed by atoms with Gasteiger partial charge in [-0.15, -0.1) is 0 Å². The molecule has 0 atom stereocenters. The Bertz CT molecular complexity index is 2800. The fraction of sp³-hybridized carbons (Fsp3) is 0. The number of para-hydroxylation sites is 1.